The molecular formula is C15H24N2O2. The number of nitrogens with one attached hydrogen (secondary N) is 2. The molecule has 0 bridgehead atoms. The van der Waals surface area contributed by atoms with E-state index >= 15 is 0 Å². The Bertz CT molecular complexity index is 408. The second-order valence-electron chi connectivity index (χ2n) is 5.34. The second-order valence-corrected chi connectivity index (χ2v) is 5.34. The normalized spacial score (nSPS) is 10.9. The Kier molecular flexibility index (Phi) is 5.67. The molecule has 19 heavy (non-hydrogen) atoms. The number of carbonyl (C=O) groups excluding carboxylic acids is 1. The fourth-order valence-corrected chi connectivity index (χ4v) is 2.12. The van der Waals surface area contributed by atoms with Gasteiger partial charge in [-0.25, -0.2) is 4.79 Å². The highest BCUT2D eigenvalue weighted by Gasteiger charge is 2.19. The van der Waals surface area contributed by atoms with Gasteiger partial charge >= 0.3 is 6.03 Å². The van der Waals surface area contributed by atoms with Crippen LogP contribution in [0.15, 0.2) is 24.3 Å². The molecular weight excluding hydrogens is 240 g/mol. The maximum Gasteiger partial charge on any atom is 0.319 e. The molecule has 0 fully saturated rings. The second kappa shape index (κ2) is 7.02. The van der Waals surface area contributed by atoms with Crippen LogP contribution < -0.4 is 15.4 Å². The number of rotatable bonds is 5. The zero-order chi connectivity index (χ0) is 14.4. The van der Waals surface area contributed by atoms with Crippen molar-refractivity contribution in [2.75, 3.05) is 12.4 Å². The molecule has 2 amide bonds. The van der Waals surface area contributed by atoms with Crippen molar-refractivity contribution < 1.29 is 9.53 Å². The minimum absolute atomic E-state index is 0.158. The van der Waals surface area contributed by atoms with E-state index in [4.69, 9.17) is 4.74 Å². The molecule has 0 aromatic heterocycles. The van der Waals surface area contributed by atoms with E-state index in [2.05, 4.69) is 38.3 Å². The number of ether oxygens (including phenoxy) is 1. The SMILES string of the molecule is COc1cccc(NC(=O)NC(C(C)C)C(C)C)c1. The van der Waals surface area contributed by atoms with Crippen molar-refractivity contribution in [3.05, 3.63) is 24.3 Å². The first-order valence-electron chi connectivity index (χ1n) is 6.65. The van der Waals surface area contributed by atoms with Gasteiger partial charge in [0.2, 0.25) is 0 Å². The zero-order valence-corrected chi connectivity index (χ0v) is 12.4. The van der Waals surface area contributed by atoms with E-state index in [9.17, 15) is 4.79 Å². The fourth-order valence-electron chi connectivity index (χ4n) is 2.12. The minimum Gasteiger partial charge on any atom is -0.497 e. The topological polar surface area (TPSA) is 50.4 Å². The van der Waals surface area contributed by atoms with Crippen LogP contribution in [0, 0.1) is 11.8 Å². The maximum absolute atomic E-state index is 12.0. The van der Waals surface area contributed by atoms with Crippen LogP contribution >= 0.6 is 0 Å². The molecule has 2 N–H and O–H groups in total. The van der Waals surface area contributed by atoms with Crippen LogP contribution in [-0.2, 0) is 0 Å². The summed E-state index contributed by atoms with van der Waals surface area (Å²) in [6.07, 6.45) is 0. The largest absolute Gasteiger partial charge is 0.497 e. The van der Waals surface area contributed by atoms with Gasteiger partial charge in [0.15, 0.2) is 0 Å². The molecule has 4 heteroatoms. The quantitative estimate of drug-likeness (QED) is 0.855. The van der Waals surface area contributed by atoms with Crippen LogP contribution in [-0.4, -0.2) is 19.2 Å². The highest BCUT2D eigenvalue weighted by Crippen LogP contribution is 2.17. The standard InChI is InChI=1S/C15H24N2O2/c1-10(2)14(11(3)4)17-15(18)16-12-7-6-8-13(9-12)19-5/h6-11,14H,1-5H3,(H2,16,17,18). The lowest BCUT2D eigenvalue weighted by atomic mass is 9.93. The Morgan fingerprint density at radius 1 is 1.16 bits per heavy atom. The predicted octanol–water partition coefficient (Wildman–Crippen LogP) is 3.50. The Labute approximate surface area is 115 Å². The summed E-state index contributed by atoms with van der Waals surface area (Å²) in [5, 5.41) is 5.84. The summed E-state index contributed by atoms with van der Waals surface area (Å²) < 4.78 is 5.12. The van der Waals surface area contributed by atoms with E-state index in [0.29, 0.717) is 11.8 Å². The van der Waals surface area contributed by atoms with E-state index in [1.807, 2.05) is 18.2 Å². The maximum atomic E-state index is 12.0. The molecule has 0 saturated carbocycles. The molecule has 0 radical (unpaired) electrons. The molecule has 0 heterocycles. The summed E-state index contributed by atoms with van der Waals surface area (Å²) >= 11 is 0. The van der Waals surface area contributed by atoms with E-state index in [-0.39, 0.29) is 12.1 Å². The van der Waals surface area contributed by atoms with Crippen molar-refractivity contribution in [1.82, 2.24) is 5.32 Å². The van der Waals surface area contributed by atoms with E-state index in [1.165, 1.54) is 0 Å². The highest BCUT2D eigenvalue weighted by molar-refractivity contribution is 5.89. The number of hydrogen-bond donors (Lipinski definition) is 2. The van der Waals surface area contributed by atoms with Crippen LogP contribution in [0.5, 0.6) is 5.75 Å². The van der Waals surface area contributed by atoms with Crippen LogP contribution in [0.1, 0.15) is 27.7 Å². The molecule has 0 aliphatic carbocycles. The number of methoxy groups -OCH3 is 1. The molecule has 0 saturated heterocycles. The third-order valence-electron chi connectivity index (χ3n) is 3.06. The summed E-state index contributed by atoms with van der Waals surface area (Å²) in [5.41, 5.74) is 0.725. The minimum atomic E-state index is -0.180. The van der Waals surface area contributed by atoms with Crippen molar-refractivity contribution in [3.8, 4) is 5.75 Å². The Balaban J connectivity index is 2.63. The molecule has 106 valence electrons. The van der Waals surface area contributed by atoms with Crippen molar-refractivity contribution in [3.63, 3.8) is 0 Å². The average Bonchev–Trinajstić information content (AvgIpc) is 2.35. The van der Waals surface area contributed by atoms with Crippen molar-refractivity contribution in [2.45, 2.75) is 33.7 Å². The average molecular weight is 264 g/mol. The van der Waals surface area contributed by atoms with Crippen LogP contribution in [0.4, 0.5) is 10.5 Å². The number of urea groups is 1. The van der Waals surface area contributed by atoms with Gasteiger partial charge in [0.05, 0.1) is 7.11 Å². The van der Waals surface area contributed by atoms with Crippen LogP contribution in [0.3, 0.4) is 0 Å². The first kappa shape index (κ1) is 15.3. The van der Waals surface area contributed by atoms with Gasteiger partial charge in [-0.15, -0.1) is 0 Å². The highest BCUT2D eigenvalue weighted by atomic mass is 16.5. The summed E-state index contributed by atoms with van der Waals surface area (Å²) in [4.78, 5) is 12.0. The molecule has 1 rings (SSSR count). The molecule has 4 nitrogen and oxygen atoms in total. The predicted molar refractivity (Wildman–Crippen MR) is 78.6 cm³/mol. The third kappa shape index (κ3) is 4.81. The Morgan fingerprint density at radius 3 is 2.32 bits per heavy atom. The molecule has 1 aromatic carbocycles. The van der Waals surface area contributed by atoms with E-state index in [1.54, 1.807) is 13.2 Å². The molecule has 0 atom stereocenters. The van der Waals surface area contributed by atoms with Crippen molar-refractivity contribution in [1.29, 1.82) is 0 Å². The number of benzene rings is 1. The van der Waals surface area contributed by atoms with E-state index < -0.39 is 0 Å². The molecule has 0 aliphatic rings. The summed E-state index contributed by atoms with van der Waals surface area (Å²) in [5.74, 6) is 1.52. The smallest absolute Gasteiger partial charge is 0.319 e. The summed E-state index contributed by atoms with van der Waals surface area (Å²) in [7, 11) is 1.60. The number of anilines is 1. The van der Waals surface area contributed by atoms with Crippen LogP contribution in [0.25, 0.3) is 0 Å². The lowest BCUT2D eigenvalue weighted by Gasteiger charge is -2.26. The fraction of sp³-hybridized carbons (Fsp3) is 0.533. The zero-order valence-electron chi connectivity index (χ0n) is 12.4. The first-order valence-corrected chi connectivity index (χ1v) is 6.65. The van der Waals surface area contributed by atoms with E-state index in [0.717, 1.165) is 11.4 Å². The number of carbonyl (C=O) groups is 1. The van der Waals surface area contributed by atoms with Crippen molar-refractivity contribution >= 4 is 11.7 Å². The summed E-state index contributed by atoms with van der Waals surface area (Å²) in [6.45, 7) is 8.43. The van der Waals surface area contributed by atoms with Crippen LogP contribution in [0.2, 0.25) is 0 Å². The Hall–Kier alpha value is -1.71. The molecule has 0 spiro atoms. The monoisotopic (exact) mass is 264 g/mol. The van der Waals surface area contributed by atoms with Gasteiger partial charge in [-0.2, -0.15) is 0 Å². The van der Waals surface area contributed by atoms with Gasteiger partial charge in [0.25, 0.3) is 0 Å². The van der Waals surface area contributed by atoms with Gasteiger partial charge in [-0.05, 0) is 24.0 Å². The first-order chi connectivity index (χ1) is 8.93. The number of amides is 2. The number of hydrogen-bond acceptors (Lipinski definition) is 2. The molecule has 0 aliphatic heterocycles. The molecule has 0 unspecified atom stereocenters. The summed E-state index contributed by atoms with van der Waals surface area (Å²) in [6, 6.07) is 7.29. The Morgan fingerprint density at radius 2 is 1.79 bits per heavy atom. The van der Waals surface area contributed by atoms with Gasteiger partial charge in [0, 0.05) is 17.8 Å². The van der Waals surface area contributed by atoms with Gasteiger partial charge in [-0.3, -0.25) is 0 Å². The third-order valence-corrected chi connectivity index (χ3v) is 3.06. The van der Waals surface area contributed by atoms with Crippen molar-refractivity contribution in [2.24, 2.45) is 11.8 Å². The van der Waals surface area contributed by atoms with Gasteiger partial charge < -0.3 is 15.4 Å². The van der Waals surface area contributed by atoms with Gasteiger partial charge in [0.1, 0.15) is 5.75 Å². The molecule has 1 aromatic rings. The lowest BCUT2D eigenvalue weighted by molar-refractivity contribution is 0.236. The van der Waals surface area contributed by atoms with Gasteiger partial charge in [-0.1, -0.05) is 33.8 Å². The lowest BCUT2D eigenvalue weighted by Crippen LogP contribution is -2.44.